The van der Waals surface area contributed by atoms with Crippen LogP contribution in [-0.2, 0) is 22.9 Å². The third-order valence-corrected chi connectivity index (χ3v) is 7.25. The molecule has 2 N–H and O–H groups in total. The van der Waals surface area contributed by atoms with Gasteiger partial charge in [-0.25, -0.2) is 12.8 Å². The van der Waals surface area contributed by atoms with Gasteiger partial charge in [-0.2, -0.15) is 0 Å². The molecule has 1 aliphatic carbocycles. The number of H-pyrrole nitrogens is 1. The molecule has 0 atom stereocenters. The third-order valence-electron chi connectivity index (χ3n) is 6.65. The average Bonchev–Trinajstić information content (AvgIpc) is 3.19. The lowest BCUT2D eigenvalue weighted by Gasteiger charge is -2.21. The summed E-state index contributed by atoms with van der Waals surface area (Å²) in [5.74, 6) is -0.251. The fourth-order valence-electron chi connectivity index (χ4n) is 5.02. The molecule has 0 saturated carbocycles. The Hall–Kier alpha value is -3.32. The molecule has 176 valence electrons. The van der Waals surface area contributed by atoms with Crippen molar-refractivity contribution < 1.29 is 12.8 Å². The maximum absolute atomic E-state index is 15.7. The number of nitrogens with one attached hydrogen (secondary N) is 2. The van der Waals surface area contributed by atoms with E-state index < -0.39 is 10.0 Å². The van der Waals surface area contributed by atoms with E-state index in [1.165, 1.54) is 0 Å². The van der Waals surface area contributed by atoms with Gasteiger partial charge in [0.05, 0.1) is 17.5 Å². The van der Waals surface area contributed by atoms with Crippen molar-refractivity contribution in [2.75, 3.05) is 29.0 Å². The summed E-state index contributed by atoms with van der Waals surface area (Å²) >= 11 is 0. The molecule has 0 radical (unpaired) electrons. The van der Waals surface area contributed by atoms with Crippen LogP contribution in [0.2, 0.25) is 0 Å². The quantitative estimate of drug-likeness (QED) is 0.360. The molecule has 1 aromatic heterocycles. The molecule has 1 heterocycles. The molecular formula is C27H28FN3O2S. The number of hydrogen-bond donors (Lipinski definition) is 2. The van der Waals surface area contributed by atoms with Crippen molar-refractivity contribution in [3.05, 3.63) is 71.5 Å². The molecule has 0 spiro atoms. The smallest absolute Gasteiger partial charge is 0.229 e. The summed E-state index contributed by atoms with van der Waals surface area (Å²) in [6.45, 7) is 6.10. The summed E-state index contributed by atoms with van der Waals surface area (Å²) in [4.78, 5) is 5.60. The summed E-state index contributed by atoms with van der Waals surface area (Å²) < 4.78 is 41.5. The summed E-state index contributed by atoms with van der Waals surface area (Å²) in [6.07, 6.45) is 2.67. The Bertz CT molecular complexity index is 1490. The number of anilines is 2. The van der Waals surface area contributed by atoms with Gasteiger partial charge in [-0.05, 0) is 67.6 Å². The first-order valence-corrected chi connectivity index (χ1v) is 13.5. The molecule has 1 aliphatic rings. The van der Waals surface area contributed by atoms with Gasteiger partial charge >= 0.3 is 0 Å². The van der Waals surface area contributed by atoms with Crippen LogP contribution in [0.5, 0.6) is 0 Å². The highest BCUT2D eigenvalue weighted by molar-refractivity contribution is 7.92. The number of rotatable bonds is 6. The molecule has 0 fully saturated rings. The van der Waals surface area contributed by atoms with E-state index >= 15 is 4.39 Å². The van der Waals surface area contributed by atoms with Crippen LogP contribution in [0.25, 0.3) is 33.3 Å². The van der Waals surface area contributed by atoms with Crippen molar-refractivity contribution >= 4 is 32.3 Å². The van der Waals surface area contributed by atoms with Crippen molar-refractivity contribution in [3.8, 4) is 22.4 Å². The average molecular weight is 478 g/mol. The highest BCUT2D eigenvalue weighted by Crippen LogP contribution is 2.41. The number of sulfonamides is 1. The van der Waals surface area contributed by atoms with Crippen molar-refractivity contribution in [2.45, 2.75) is 26.7 Å². The SMILES string of the molecule is CCN(CC)c1ccc(-c2ccc3c4c([nH]c3c2F)-c2ccc(NS(C)(=O)=O)cc2CC4)cc1. The number of aryl methyl sites for hydroxylation is 2. The van der Waals surface area contributed by atoms with Gasteiger partial charge in [0.25, 0.3) is 0 Å². The maximum atomic E-state index is 15.7. The van der Waals surface area contributed by atoms with E-state index in [4.69, 9.17) is 0 Å². The lowest BCUT2D eigenvalue weighted by Crippen LogP contribution is -2.21. The van der Waals surface area contributed by atoms with Crippen molar-refractivity contribution in [2.24, 2.45) is 0 Å². The Balaban J connectivity index is 1.55. The Morgan fingerprint density at radius 1 is 0.971 bits per heavy atom. The third kappa shape index (κ3) is 3.94. The molecule has 5 rings (SSSR count). The molecule has 3 aromatic carbocycles. The van der Waals surface area contributed by atoms with E-state index in [1.807, 2.05) is 48.5 Å². The van der Waals surface area contributed by atoms with Crippen LogP contribution in [0.3, 0.4) is 0 Å². The van der Waals surface area contributed by atoms with Crippen LogP contribution in [0.1, 0.15) is 25.0 Å². The normalized spacial score (nSPS) is 12.9. The number of fused-ring (bicyclic) bond motifs is 5. The van der Waals surface area contributed by atoms with Gasteiger partial charge in [-0.3, -0.25) is 4.72 Å². The summed E-state index contributed by atoms with van der Waals surface area (Å²) in [5, 5.41) is 0.903. The molecule has 4 aromatic rings. The minimum absolute atomic E-state index is 0.251. The first-order valence-electron chi connectivity index (χ1n) is 11.6. The zero-order valence-corrected chi connectivity index (χ0v) is 20.4. The van der Waals surface area contributed by atoms with Gasteiger partial charge in [-0.15, -0.1) is 0 Å². The number of aromatic nitrogens is 1. The van der Waals surface area contributed by atoms with E-state index in [-0.39, 0.29) is 5.82 Å². The molecule has 0 amide bonds. The van der Waals surface area contributed by atoms with Gasteiger partial charge in [0, 0.05) is 41.0 Å². The fourth-order valence-corrected chi connectivity index (χ4v) is 5.57. The summed E-state index contributed by atoms with van der Waals surface area (Å²) in [5.41, 5.74) is 7.66. The van der Waals surface area contributed by atoms with Crippen molar-refractivity contribution in [3.63, 3.8) is 0 Å². The standard InChI is InChI=1S/C27H28FN3O2S/c1-4-31(5-2)20-10-6-17(7-11-20)21-14-15-24-23-12-8-18-16-19(30-34(3,32)33)9-13-22(18)26(23)29-27(24)25(21)28/h6-7,9-11,13-16,29-30H,4-5,8,12H2,1-3H3. The lowest BCUT2D eigenvalue weighted by atomic mass is 9.88. The number of nitrogens with zero attached hydrogens (tertiary/aromatic N) is 1. The molecule has 0 saturated heterocycles. The molecule has 7 heteroatoms. The second-order valence-corrected chi connectivity index (χ2v) is 10.5. The second-order valence-electron chi connectivity index (χ2n) is 8.79. The van der Waals surface area contributed by atoms with E-state index in [0.29, 0.717) is 16.8 Å². The van der Waals surface area contributed by atoms with Gasteiger partial charge < -0.3 is 9.88 Å². The van der Waals surface area contributed by atoms with E-state index in [1.54, 1.807) is 6.07 Å². The van der Waals surface area contributed by atoms with E-state index in [9.17, 15) is 8.42 Å². The second kappa shape index (κ2) is 8.47. The Morgan fingerprint density at radius 3 is 2.35 bits per heavy atom. The van der Waals surface area contributed by atoms with Crippen molar-refractivity contribution in [1.29, 1.82) is 0 Å². The number of halogens is 1. The topological polar surface area (TPSA) is 65.2 Å². The fraction of sp³-hybridized carbons (Fsp3) is 0.259. The first kappa shape index (κ1) is 22.5. The van der Waals surface area contributed by atoms with Gasteiger partial charge in [0.2, 0.25) is 10.0 Å². The van der Waals surface area contributed by atoms with Crippen LogP contribution >= 0.6 is 0 Å². The molecule has 5 nitrogen and oxygen atoms in total. The summed E-state index contributed by atoms with van der Waals surface area (Å²) in [6, 6.07) is 17.4. The molecule has 0 bridgehead atoms. The lowest BCUT2D eigenvalue weighted by molar-refractivity contribution is 0.607. The Kier molecular flexibility index (Phi) is 5.60. The van der Waals surface area contributed by atoms with E-state index in [0.717, 1.165) is 71.2 Å². The summed E-state index contributed by atoms with van der Waals surface area (Å²) in [7, 11) is -3.34. The van der Waals surface area contributed by atoms with Crippen LogP contribution in [0, 0.1) is 5.82 Å². The maximum Gasteiger partial charge on any atom is 0.229 e. The van der Waals surface area contributed by atoms with E-state index in [2.05, 4.69) is 28.5 Å². The predicted octanol–water partition coefficient (Wildman–Crippen LogP) is 5.96. The molecule has 0 unspecified atom stereocenters. The molecule has 34 heavy (non-hydrogen) atoms. The van der Waals surface area contributed by atoms with Gasteiger partial charge in [-0.1, -0.05) is 30.3 Å². The number of aromatic amines is 1. The number of benzene rings is 3. The predicted molar refractivity (Wildman–Crippen MR) is 139 cm³/mol. The minimum atomic E-state index is -3.34. The molecule has 0 aliphatic heterocycles. The minimum Gasteiger partial charge on any atom is -0.372 e. The zero-order chi connectivity index (χ0) is 24.0. The monoisotopic (exact) mass is 477 g/mol. The van der Waals surface area contributed by atoms with Crippen LogP contribution in [0.4, 0.5) is 15.8 Å². The molecular weight excluding hydrogens is 449 g/mol. The van der Waals surface area contributed by atoms with Crippen LogP contribution < -0.4 is 9.62 Å². The van der Waals surface area contributed by atoms with Gasteiger partial charge in [0.1, 0.15) is 0 Å². The van der Waals surface area contributed by atoms with Crippen LogP contribution in [0.15, 0.2) is 54.6 Å². The van der Waals surface area contributed by atoms with Crippen molar-refractivity contribution in [1.82, 2.24) is 4.98 Å². The largest absolute Gasteiger partial charge is 0.372 e. The number of hydrogen-bond acceptors (Lipinski definition) is 3. The Labute approximate surface area is 199 Å². The first-order chi connectivity index (χ1) is 16.3. The zero-order valence-electron chi connectivity index (χ0n) is 19.6. The van der Waals surface area contributed by atoms with Gasteiger partial charge in [0.15, 0.2) is 5.82 Å². The highest BCUT2D eigenvalue weighted by Gasteiger charge is 2.23. The highest BCUT2D eigenvalue weighted by atomic mass is 32.2. The Morgan fingerprint density at radius 2 is 1.68 bits per heavy atom. The van der Waals surface area contributed by atoms with Crippen LogP contribution in [-0.4, -0.2) is 32.7 Å².